The predicted octanol–water partition coefficient (Wildman–Crippen LogP) is 3.57. The Hall–Kier alpha value is -3.14. The van der Waals surface area contributed by atoms with Crippen molar-refractivity contribution in [2.45, 2.75) is 23.9 Å². The molecule has 1 aliphatic rings. The molecule has 0 bridgehead atoms. The molecule has 1 fully saturated rings. The summed E-state index contributed by atoms with van der Waals surface area (Å²) in [5.74, 6) is -0.979. The summed E-state index contributed by atoms with van der Waals surface area (Å²) in [6.45, 7) is 3.37. The van der Waals surface area contributed by atoms with E-state index >= 15 is 0 Å². The third kappa shape index (κ3) is 5.93. The quantitative estimate of drug-likeness (QED) is 0.540. The minimum Gasteiger partial charge on any atom is -0.339 e. The van der Waals surface area contributed by atoms with Crippen LogP contribution < -0.4 is 4.72 Å². The Balaban J connectivity index is 1.45. The standard InChI is InChI=1S/C26H27F2N3O3S/c1-19(29-35(33,34)24-5-3-2-4-6-24)26(32)31-17-15-30(16-18-31)25(20-7-11-22(27)12-8-20)21-9-13-23(28)14-10-21/h2-14,19,25,29H,15-18H2,1H3/t19-/m0/s1. The van der Waals surface area contributed by atoms with Crippen molar-refractivity contribution in [1.82, 2.24) is 14.5 Å². The van der Waals surface area contributed by atoms with Crippen molar-refractivity contribution in [1.29, 1.82) is 0 Å². The second kappa shape index (κ2) is 10.6. The lowest BCUT2D eigenvalue weighted by Crippen LogP contribution is -2.54. The first-order chi connectivity index (χ1) is 16.7. The molecule has 1 N–H and O–H groups in total. The first-order valence-electron chi connectivity index (χ1n) is 11.4. The van der Waals surface area contributed by atoms with E-state index in [0.717, 1.165) is 11.1 Å². The number of nitrogens with zero attached hydrogens (tertiary/aromatic N) is 2. The lowest BCUT2D eigenvalue weighted by Gasteiger charge is -2.40. The Morgan fingerprint density at radius 2 is 1.29 bits per heavy atom. The zero-order chi connectivity index (χ0) is 25.0. The van der Waals surface area contributed by atoms with Crippen LogP contribution in [-0.4, -0.2) is 56.3 Å². The van der Waals surface area contributed by atoms with Gasteiger partial charge in [0.05, 0.1) is 17.0 Å². The number of hydrogen-bond acceptors (Lipinski definition) is 4. The SMILES string of the molecule is C[C@H](NS(=O)(=O)c1ccccc1)C(=O)N1CCN(C(c2ccc(F)cc2)c2ccc(F)cc2)CC1. The molecule has 3 aromatic carbocycles. The van der Waals surface area contributed by atoms with Crippen molar-refractivity contribution < 1.29 is 22.0 Å². The molecule has 3 aromatic rings. The van der Waals surface area contributed by atoms with E-state index in [9.17, 15) is 22.0 Å². The van der Waals surface area contributed by atoms with Crippen molar-refractivity contribution >= 4 is 15.9 Å². The number of carbonyl (C=O) groups is 1. The highest BCUT2D eigenvalue weighted by molar-refractivity contribution is 7.89. The maximum Gasteiger partial charge on any atom is 0.241 e. The van der Waals surface area contributed by atoms with Gasteiger partial charge in [-0.1, -0.05) is 42.5 Å². The minimum atomic E-state index is -3.82. The monoisotopic (exact) mass is 499 g/mol. The molecule has 1 saturated heterocycles. The third-order valence-electron chi connectivity index (χ3n) is 6.12. The van der Waals surface area contributed by atoms with E-state index in [1.165, 1.54) is 43.3 Å². The number of rotatable bonds is 7. The molecule has 35 heavy (non-hydrogen) atoms. The number of sulfonamides is 1. The summed E-state index contributed by atoms with van der Waals surface area (Å²) in [4.78, 5) is 16.9. The highest BCUT2D eigenvalue weighted by Gasteiger charge is 2.31. The van der Waals surface area contributed by atoms with Crippen LogP contribution in [0.3, 0.4) is 0 Å². The molecule has 6 nitrogen and oxygen atoms in total. The number of nitrogens with one attached hydrogen (secondary N) is 1. The van der Waals surface area contributed by atoms with Crippen molar-refractivity contribution in [3.63, 3.8) is 0 Å². The maximum atomic E-state index is 13.5. The second-order valence-electron chi connectivity index (χ2n) is 8.52. The van der Waals surface area contributed by atoms with Gasteiger partial charge in [-0.25, -0.2) is 17.2 Å². The summed E-state index contributed by atoms with van der Waals surface area (Å²) >= 11 is 0. The highest BCUT2D eigenvalue weighted by atomic mass is 32.2. The summed E-state index contributed by atoms with van der Waals surface area (Å²) in [6, 6.07) is 19.2. The van der Waals surface area contributed by atoms with Gasteiger partial charge in [0.25, 0.3) is 0 Å². The fraction of sp³-hybridized carbons (Fsp3) is 0.269. The van der Waals surface area contributed by atoms with E-state index in [-0.39, 0.29) is 28.5 Å². The van der Waals surface area contributed by atoms with Gasteiger partial charge in [-0.15, -0.1) is 0 Å². The van der Waals surface area contributed by atoms with E-state index in [1.54, 1.807) is 47.4 Å². The molecular weight excluding hydrogens is 472 g/mol. The minimum absolute atomic E-state index is 0.103. The summed E-state index contributed by atoms with van der Waals surface area (Å²) in [6.07, 6.45) is 0. The van der Waals surface area contributed by atoms with Gasteiger partial charge in [-0.05, 0) is 54.4 Å². The molecule has 0 radical (unpaired) electrons. The van der Waals surface area contributed by atoms with Crippen LogP contribution in [0.4, 0.5) is 8.78 Å². The third-order valence-corrected chi connectivity index (χ3v) is 7.68. The van der Waals surface area contributed by atoms with Crippen molar-refractivity contribution in [3.05, 3.63) is 102 Å². The fourth-order valence-corrected chi connectivity index (χ4v) is 5.55. The Labute approximate surface area is 204 Å². The average molecular weight is 500 g/mol. The normalized spacial score (nSPS) is 15.8. The Kier molecular flexibility index (Phi) is 7.59. The Morgan fingerprint density at radius 3 is 1.77 bits per heavy atom. The van der Waals surface area contributed by atoms with Gasteiger partial charge in [-0.3, -0.25) is 9.69 Å². The second-order valence-corrected chi connectivity index (χ2v) is 10.2. The predicted molar refractivity (Wildman–Crippen MR) is 129 cm³/mol. The van der Waals surface area contributed by atoms with Gasteiger partial charge >= 0.3 is 0 Å². The Morgan fingerprint density at radius 1 is 0.800 bits per heavy atom. The van der Waals surface area contributed by atoms with Gasteiger partial charge in [0, 0.05) is 26.2 Å². The van der Waals surface area contributed by atoms with E-state index in [4.69, 9.17) is 0 Å². The number of carbonyl (C=O) groups excluding carboxylic acids is 1. The fourth-order valence-electron chi connectivity index (χ4n) is 4.33. The molecule has 1 amide bonds. The number of benzene rings is 3. The van der Waals surface area contributed by atoms with Gasteiger partial charge in [0.1, 0.15) is 11.6 Å². The zero-order valence-electron chi connectivity index (χ0n) is 19.3. The van der Waals surface area contributed by atoms with E-state index in [0.29, 0.717) is 26.2 Å². The lowest BCUT2D eigenvalue weighted by atomic mass is 9.96. The average Bonchev–Trinajstić information content (AvgIpc) is 2.87. The molecule has 9 heteroatoms. The van der Waals surface area contributed by atoms with Crippen LogP contribution in [0.2, 0.25) is 0 Å². The van der Waals surface area contributed by atoms with E-state index < -0.39 is 16.1 Å². The molecule has 0 aromatic heterocycles. The molecule has 4 rings (SSSR count). The van der Waals surface area contributed by atoms with Crippen molar-refractivity contribution in [2.24, 2.45) is 0 Å². The smallest absolute Gasteiger partial charge is 0.241 e. The largest absolute Gasteiger partial charge is 0.339 e. The number of hydrogen-bond donors (Lipinski definition) is 1. The molecule has 1 aliphatic heterocycles. The molecule has 184 valence electrons. The van der Waals surface area contributed by atoms with Crippen LogP contribution in [0.5, 0.6) is 0 Å². The summed E-state index contributed by atoms with van der Waals surface area (Å²) in [5.41, 5.74) is 1.73. The van der Waals surface area contributed by atoms with Crippen LogP contribution >= 0.6 is 0 Å². The zero-order valence-corrected chi connectivity index (χ0v) is 20.1. The summed E-state index contributed by atoms with van der Waals surface area (Å²) < 4.78 is 54.7. The summed E-state index contributed by atoms with van der Waals surface area (Å²) in [5, 5.41) is 0. The van der Waals surface area contributed by atoms with Gasteiger partial charge in [-0.2, -0.15) is 4.72 Å². The molecule has 0 spiro atoms. The summed E-state index contributed by atoms with van der Waals surface area (Å²) in [7, 11) is -3.82. The number of piperazine rings is 1. The van der Waals surface area contributed by atoms with Gasteiger partial charge in [0.2, 0.25) is 15.9 Å². The van der Waals surface area contributed by atoms with Crippen molar-refractivity contribution in [2.75, 3.05) is 26.2 Å². The van der Waals surface area contributed by atoms with E-state index in [2.05, 4.69) is 9.62 Å². The first-order valence-corrected chi connectivity index (χ1v) is 12.8. The molecule has 1 atom stereocenters. The first kappa shape index (κ1) is 25.0. The topological polar surface area (TPSA) is 69.7 Å². The van der Waals surface area contributed by atoms with E-state index in [1.807, 2.05) is 0 Å². The van der Waals surface area contributed by atoms with Gasteiger partial charge in [0.15, 0.2) is 0 Å². The molecule has 0 aliphatic carbocycles. The van der Waals surface area contributed by atoms with Gasteiger partial charge < -0.3 is 4.90 Å². The number of halogens is 2. The highest BCUT2D eigenvalue weighted by Crippen LogP contribution is 2.30. The van der Waals surface area contributed by atoms with Crippen LogP contribution in [0.15, 0.2) is 83.8 Å². The molecular formula is C26H27F2N3O3S. The van der Waals surface area contributed by atoms with Crippen molar-refractivity contribution in [3.8, 4) is 0 Å². The van der Waals surface area contributed by atoms with Crippen LogP contribution in [0.1, 0.15) is 24.1 Å². The van der Waals surface area contributed by atoms with Crippen LogP contribution in [0, 0.1) is 11.6 Å². The molecule has 0 saturated carbocycles. The Bertz CT molecular complexity index is 1200. The maximum absolute atomic E-state index is 13.5. The van der Waals surface area contributed by atoms with Crippen LogP contribution in [0.25, 0.3) is 0 Å². The molecule has 0 unspecified atom stereocenters. The number of amides is 1. The lowest BCUT2D eigenvalue weighted by molar-refractivity contribution is -0.134. The molecule has 1 heterocycles. The van der Waals surface area contributed by atoms with Crippen LogP contribution in [-0.2, 0) is 14.8 Å².